The molecule has 1 atom stereocenters. The second-order valence-electron chi connectivity index (χ2n) is 13.6. The van der Waals surface area contributed by atoms with E-state index < -0.39 is 5.97 Å². The van der Waals surface area contributed by atoms with Crippen molar-refractivity contribution in [2.45, 2.75) is 124 Å². The molecule has 228 valence electrons. The number of esters is 1. The average Bonchev–Trinajstić information content (AvgIpc) is 2.85. The molecule has 0 aliphatic rings. The third-order valence-electron chi connectivity index (χ3n) is 7.64. The summed E-state index contributed by atoms with van der Waals surface area (Å²) in [5.41, 5.74) is 5.44. The number of carboxylic acids is 1. The molecule has 0 fully saturated rings. The molecule has 0 aliphatic heterocycles. The molecular weight excluding hydrogens is 516 g/mol. The minimum Gasteiger partial charge on any atom is -0.507 e. The summed E-state index contributed by atoms with van der Waals surface area (Å²) in [5, 5.41) is 30.7. The molecule has 2 rings (SSSR count). The van der Waals surface area contributed by atoms with Gasteiger partial charge >= 0.3 is 11.9 Å². The third kappa shape index (κ3) is 10.7. The first-order valence-electron chi connectivity index (χ1n) is 15.0. The van der Waals surface area contributed by atoms with Gasteiger partial charge in [0.25, 0.3) is 0 Å². The second kappa shape index (κ2) is 14.7. The van der Waals surface area contributed by atoms with Crippen LogP contribution in [0, 0.1) is 19.8 Å². The zero-order valence-corrected chi connectivity index (χ0v) is 26.5. The van der Waals surface area contributed by atoms with Crippen molar-refractivity contribution in [2.24, 2.45) is 5.92 Å². The number of hydrogen-bond donors (Lipinski definition) is 3. The van der Waals surface area contributed by atoms with Gasteiger partial charge in [-0.3, -0.25) is 9.59 Å². The summed E-state index contributed by atoms with van der Waals surface area (Å²) in [7, 11) is 0. The van der Waals surface area contributed by atoms with Gasteiger partial charge < -0.3 is 20.1 Å². The minimum atomic E-state index is -0.831. The summed E-state index contributed by atoms with van der Waals surface area (Å²) in [6.07, 6.45) is 5.01. The first-order chi connectivity index (χ1) is 19.0. The number of benzene rings is 2. The topological polar surface area (TPSA) is 104 Å². The van der Waals surface area contributed by atoms with Crippen molar-refractivity contribution in [1.29, 1.82) is 0 Å². The summed E-state index contributed by atoms with van der Waals surface area (Å²) in [4.78, 5) is 24.0. The van der Waals surface area contributed by atoms with E-state index in [9.17, 15) is 19.8 Å². The highest BCUT2D eigenvalue weighted by Crippen LogP contribution is 2.36. The van der Waals surface area contributed by atoms with Crippen LogP contribution in [0.3, 0.4) is 0 Å². The Hall–Kier alpha value is -3.02. The first kappa shape index (κ1) is 34.2. The van der Waals surface area contributed by atoms with E-state index in [4.69, 9.17) is 9.84 Å². The molecule has 6 heteroatoms. The predicted molar refractivity (Wildman–Crippen MR) is 165 cm³/mol. The lowest BCUT2D eigenvalue weighted by Gasteiger charge is -2.23. The molecule has 0 aliphatic carbocycles. The standard InChI is InChI=1S/C35H52O6/c1-23-19-26(31(38)28(21-23)34(3,4)5)15-11-14-25(13-9-10-17-30(36)37)33(40)41-18-12-16-27-20-24(2)22-29(32(27)39)35(6,7)8/h19-22,25,38-39H,9-18H2,1-8H3,(H,36,37). The number of hydrogen-bond acceptors (Lipinski definition) is 5. The zero-order chi connectivity index (χ0) is 31.0. The highest BCUT2D eigenvalue weighted by molar-refractivity contribution is 5.72. The fraction of sp³-hybridized carbons (Fsp3) is 0.600. The fourth-order valence-electron chi connectivity index (χ4n) is 5.37. The quantitative estimate of drug-likeness (QED) is 0.157. The van der Waals surface area contributed by atoms with E-state index in [1.807, 2.05) is 38.1 Å². The molecule has 0 bridgehead atoms. The Balaban J connectivity index is 2.01. The number of carbonyl (C=O) groups is 2. The summed E-state index contributed by atoms with van der Waals surface area (Å²) < 4.78 is 5.69. The summed E-state index contributed by atoms with van der Waals surface area (Å²) in [5.74, 6) is -0.758. The Morgan fingerprint density at radius 2 is 1.20 bits per heavy atom. The van der Waals surface area contributed by atoms with Gasteiger partial charge in [0.05, 0.1) is 12.5 Å². The van der Waals surface area contributed by atoms with Gasteiger partial charge in [0.15, 0.2) is 0 Å². The van der Waals surface area contributed by atoms with Crippen LogP contribution in [0.4, 0.5) is 0 Å². The van der Waals surface area contributed by atoms with Gasteiger partial charge in [0.2, 0.25) is 0 Å². The number of unbranched alkanes of at least 4 members (excludes halogenated alkanes) is 1. The molecule has 0 saturated carbocycles. The van der Waals surface area contributed by atoms with E-state index >= 15 is 0 Å². The number of ether oxygens (including phenoxy) is 1. The van der Waals surface area contributed by atoms with Crippen molar-refractivity contribution in [1.82, 2.24) is 0 Å². The van der Waals surface area contributed by atoms with E-state index in [0.29, 0.717) is 62.9 Å². The summed E-state index contributed by atoms with van der Waals surface area (Å²) in [6, 6.07) is 8.05. The van der Waals surface area contributed by atoms with Crippen LogP contribution in [-0.2, 0) is 38.0 Å². The molecule has 0 aromatic heterocycles. The predicted octanol–water partition coefficient (Wildman–Crippen LogP) is 8.07. The van der Waals surface area contributed by atoms with Crippen LogP contribution < -0.4 is 0 Å². The van der Waals surface area contributed by atoms with Crippen LogP contribution in [0.25, 0.3) is 0 Å². The number of aliphatic carboxylic acids is 1. The van der Waals surface area contributed by atoms with Crippen LogP contribution in [-0.4, -0.2) is 33.9 Å². The maximum atomic E-state index is 13.1. The van der Waals surface area contributed by atoms with Crippen molar-refractivity contribution in [3.05, 3.63) is 57.6 Å². The molecule has 0 amide bonds. The first-order valence-corrected chi connectivity index (χ1v) is 15.0. The number of carbonyl (C=O) groups excluding carboxylic acids is 1. The Morgan fingerprint density at radius 1 is 0.732 bits per heavy atom. The Bertz CT molecular complexity index is 1180. The van der Waals surface area contributed by atoms with Crippen LogP contribution in [0.15, 0.2) is 24.3 Å². The van der Waals surface area contributed by atoms with Crippen LogP contribution in [0.5, 0.6) is 11.5 Å². The van der Waals surface area contributed by atoms with Crippen molar-refractivity contribution < 1.29 is 29.6 Å². The molecule has 0 spiro atoms. The second-order valence-corrected chi connectivity index (χ2v) is 13.6. The van der Waals surface area contributed by atoms with E-state index in [2.05, 4.69) is 41.5 Å². The molecule has 6 nitrogen and oxygen atoms in total. The Kier molecular flexibility index (Phi) is 12.3. The molecule has 0 radical (unpaired) electrons. The summed E-state index contributed by atoms with van der Waals surface area (Å²) >= 11 is 0. The van der Waals surface area contributed by atoms with Crippen molar-refractivity contribution in [2.75, 3.05) is 6.61 Å². The molecular formula is C35H52O6. The lowest BCUT2D eigenvalue weighted by Crippen LogP contribution is -2.19. The number of aryl methyl sites for hydroxylation is 4. The average molecular weight is 569 g/mol. The molecule has 41 heavy (non-hydrogen) atoms. The molecule has 0 saturated heterocycles. The highest BCUT2D eigenvalue weighted by atomic mass is 16.5. The normalized spacial score (nSPS) is 12.8. The maximum absolute atomic E-state index is 13.1. The zero-order valence-electron chi connectivity index (χ0n) is 26.5. The van der Waals surface area contributed by atoms with Crippen LogP contribution in [0.1, 0.15) is 120 Å². The van der Waals surface area contributed by atoms with E-state index in [1.165, 1.54) is 0 Å². The minimum absolute atomic E-state index is 0.0883. The van der Waals surface area contributed by atoms with Gasteiger partial charge in [-0.1, -0.05) is 83.4 Å². The van der Waals surface area contributed by atoms with Crippen molar-refractivity contribution in [3.63, 3.8) is 0 Å². The van der Waals surface area contributed by atoms with Gasteiger partial charge in [-0.05, 0) is 91.9 Å². The van der Waals surface area contributed by atoms with Gasteiger partial charge in [0.1, 0.15) is 11.5 Å². The molecule has 3 N–H and O–H groups in total. The summed E-state index contributed by atoms with van der Waals surface area (Å²) in [6.45, 7) is 16.8. The number of phenolic OH excluding ortho intramolecular Hbond substituents is 2. The highest BCUT2D eigenvalue weighted by Gasteiger charge is 2.24. The fourth-order valence-corrected chi connectivity index (χ4v) is 5.37. The SMILES string of the molecule is Cc1cc(CCCOC(=O)C(CCCCC(=O)O)CCCc2cc(C)cc(C(C)(C)C)c2O)c(O)c(C(C)(C)C)c1. The van der Waals surface area contributed by atoms with Gasteiger partial charge in [-0.15, -0.1) is 0 Å². The maximum Gasteiger partial charge on any atom is 0.308 e. The smallest absolute Gasteiger partial charge is 0.308 e. The van der Waals surface area contributed by atoms with Gasteiger partial charge in [-0.2, -0.15) is 0 Å². The number of carboxylic acid groups (broad SMARTS) is 1. The number of phenols is 2. The lowest BCUT2D eigenvalue weighted by molar-refractivity contribution is -0.149. The molecule has 2 aromatic carbocycles. The Labute approximate surface area is 247 Å². The van der Waals surface area contributed by atoms with Crippen LogP contribution >= 0.6 is 0 Å². The molecule has 1 unspecified atom stereocenters. The number of rotatable bonds is 14. The molecule has 2 aromatic rings. The van der Waals surface area contributed by atoms with Gasteiger partial charge in [0, 0.05) is 6.42 Å². The van der Waals surface area contributed by atoms with E-state index in [1.54, 1.807) is 0 Å². The van der Waals surface area contributed by atoms with Gasteiger partial charge in [-0.25, -0.2) is 0 Å². The third-order valence-corrected chi connectivity index (χ3v) is 7.64. The Morgan fingerprint density at radius 3 is 1.66 bits per heavy atom. The number of aromatic hydroxyl groups is 2. The monoisotopic (exact) mass is 568 g/mol. The van der Waals surface area contributed by atoms with Crippen molar-refractivity contribution >= 4 is 11.9 Å². The van der Waals surface area contributed by atoms with E-state index in [-0.39, 0.29) is 35.7 Å². The molecule has 0 heterocycles. The van der Waals surface area contributed by atoms with Crippen molar-refractivity contribution in [3.8, 4) is 11.5 Å². The largest absolute Gasteiger partial charge is 0.507 e. The van der Waals surface area contributed by atoms with E-state index in [0.717, 1.165) is 33.4 Å². The van der Waals surface area contributed by atoms with Crippen LogP contribution in [0.2, 0.25) is 0 Å². The lowest BCUT2D eigenvalue weighted by atomic mass is 9.83.